The first kappa shape index (κ1) is 12.7. The molecule has 0 radical (unpaired) electrons. The highest BCUT2D eigenvalue weighted by molar-refractivity contribution is 5.72. The van der Waals surface area contributed by atoms with Crippen molar-refractivity contribution in [1.82, 2.24) is 19.5 Å². The summed E-state index contributed by atoms with van der Waals surface area (Å²) in [5.41, 5.74) is 3.70. The molecule has 10 heteroatoms. The lowest BCUT2D eigenvalue weighted by Crippen LogP contribution is -2.45. The minimum Gasteiger partial charge on any atom is -0.394 e. The Hall–Kier alpha value is -2.01. The van der Waals surface area contributed by atoms with Crippen LogP contribution in [0.4, 0.5) is 5.95 Å². The Morgan fingerprint density at radius 3 is 3.00 bits per heavy atom. The van der Waals surface area contributed by atoms with E-state index in [-0.39, 0.29) is 23.5 Å². The number of hydrogen-bond donors (Lipinski definition) is 5. The van der Waals surface area contributed by atoms with E-state index in [0.717, 1.165) is 0 Å². The van der Waals surface area contributed by atoms with Gasteiger partial charge in [0.2, 0.25) is 5.95 Å². The normalized spacial score (nSPS) is 34.3. The summed E-state index contributed by atoms with van der Waals surface area (Å²) < 4.78 is 6.95. The molecule has 21 heavy (non-hydrogen) atoms. The van der Waals surface area contributed by atoms with Crippen LogP contribution in [0.25, 0.3) is 11.2 Å². The van der Waals surface area contributed by atoms with E-state index in [1.165, 1.54) is 4.57 Å². The highest BCUT2D eigenvalue weighted by Gasteiger charge is 2.61. The summed E-state index contributed by atoms with van der Waals surface area (Å²) in [6.45, 7) is -0.432. The quantitative estimate of drug-likeness (QED) is 0.378. The van der Waals surface area contributed by atoms with Gasteiger partial charge in [0.05, 0.1) is 6.61 Å². The molecule has 2 aliphatic heterocycles. The molecule has 1 saturated heterocycles. The van der Waals surface area contributed by atoms with Crippen LogP contribution in [-0.4, -0.2) is 59.3 Å². The third kappa shape index (κ3) is 1.42. The van der Waals surface area contributed by atoms with Crippen LogP contribution in [0.15, 0.2) is 4.79 Å². The number of nitrogens with zero attached hydrogens (tertiary/aromatic N) is 3. The largest absolute Gasteiger partial charge is 0.394 e. The Morgan fingerprint density at radius 2 is 2.29 bits per heavy atom. The number of H-pyrrole nitrogens is 1. The number of hydrogen-bond acceptors (Lipinski definition) is 8. The van der Waals surface area contributed by atoms with Crippen LogP contribution >= 0.6 is 0 Å². The predicted octanol–water partition coefficient (Wildman–Crippen LogP) is -2.76. The van der Waals surface area contributed by atoms with Crippen molar-refractivity contribution in [2.45, 2.75) is 30.5 Å². The van der Waals surface area contributed by atoms with Crippen LogP contribution in [0.5, 0.6) is 0 Å². The molecule has 0 unspecified atom stereocenters. The first-order valence-electron chi connectivity index (χ1n) is 6.39. The lowest BCUT2D eigenvalue weighted by Gasteiger charge is -2.24. The number of aromatic amines is 1. The Balaban J connectivity index is 1.95. The summed E-state index contributed by atoms with van der Waals surface area (Å²) in [6.07, 6.45) is -3.16. The topological polar surface area (TPSA) is 160 Å². The second-order valence-corrected chi connectivity index (χ2v) is 5.34. The summed E-state index contributed by atoms with van der Waals surface area (Å²) in [7, 11) is 0. The Bertz CT molecular complexity index is 800. The minimum absolute atomic E-state index is 0.00889. The number of aliphatic hydroxyl groups is 3. The fourth-order valence-electron chi connectivity index (χ4n) is 3.12. The molecule has 0 aliphatic carbocycles. The molecule has 0 bridgehead atoms. The number of fused-ring (bicyclic) bond motifs is 5. The molecule has 0 amide bonds. The number of aromatic nitrogens is 4. The van der Waals surface area contributed by atoms with Crippen molar-refractivity contribution < 1.29 is 20.1 Å². The van der Waals surface area contributed by atoms with E-state index < -0.39 is 36.2 Å². The van der Waals surface area contributed by atoms with Crippen molar-refractivity contribution in [2.75, 3.05) is 12.3 Å². The average molecular weight is 295 g/mol. The molecule has 0 spiro atoms. The first-order chi connectivity index (χ1) is 9.95. The maximum absolute atomic E-state index is 11.8. The number of rotatable bonds is 1. The van der Waals surface area contributed by atoms with Gasteiger partial charge in [0, 0.05) is 6.42 Å². The van der Waals surface area contributed by atoms with E-state index in [9.17, 15) is 20.1 Å². The highest BCUT2D eigenvalue weighted by atomic mass is 16.6. The average Bonchev–Trinajstić information content (AvgIpc) is 2.97. The van der Waals surface area contributed by atoms with Gasteiger partial charge < -0.3 is 25.8 Å². The lowest BCUT2D eigenvalue weighted by atomic mass is 9.93. The van der Waals surface area contributed by atoms with Crippen LogP contribution in [0.2, 0.25) is 0 Å². The smallest absolute Gasteiger partial charge is 0.280 e. The van der Waals surface area contributed by atoms with Crippen LogP contribution in [0.3, 0.4) is 0 Å². The predicted molar refractivity (Wildman–Crippen MR) is 68.2 cm³/mol. The van der Waals surface area contributed by atoms with Gasteiger partial charge in [-0.25, -0.2) is 4.98 Å². The summed E-state index contributed by atoms with van der Waals surface area (Å²) in [5.74, 6) is 0.291. The SMILES string of the molecule is Nc1nc2c(nc3n2[C@H]2O[C@H](CO)[C@@H](O)[C@@]2(O)C3)c(=O)[nH]1. The Morgan fingerprint density at radius 1 is 1.52 bits per heavy atom. The van der Waals surface area contributed by atoms with Crippen molar-refractivity contribution in [3.8, 4) is 0 Å². The molecule has 1 fully saturated rings. The van der Waals surface area contributed by atoms with Gasteiger partial charge in [0.15, 0.2) is 17.4 Å². The van der Waals surface area contributed by atoms with Crippen LogP contribution in [0.1, 0.15) is 12.1 Å². The van der Waals surface area contributed by atoms with Gasteiger partial charge >= 0.3 is 0 Å². The molecule has 112 valence electrons. The zero-order chi connectivity index (χ0) is 14.9. The molecule has 2 aliphatic rings. The van der Waals surface area contributed by atoms with Crippen molar-refractivity contribution >= 4 is 17.1 Å². The van der Waals surface area contributed by atoms with Gasteiger partial charge in [-0.1, -0.05) is 0 Å². The molecule has 6 N–H and O–H groups in total. The van der Waals surface area contributed by atoms with Gasteiger partial charge in [0.1, 0.15) is 23.6 Å². The number of nitrogens with two attached hydrogens (primary N) is 1. The van der Waals surface area contributed by atoms with Crippen molar-refractivity contribution in [2.24, 2.45) is 0 Å². The number of nitrogen functional groups attached to an aromatic ring is 1. The van der Waals surface area contributed by atoms with Crippen LogP contribution < -0.4 is 11.3 Å². The summed E-state index contributed by atoms with van der Waals surface area (Å²) in [6, 6.07) is 0. The van der Waals surface area contributed by atoms with Crippen LogP contribution in [0, 0.1) is 0 Å². The third-order valence-electron chi connectivity index (χ3n) is 4.09. The van der Waals surface area contributed by atoms with E-state index in [1.54, 1.807) is 0 Å². The van der Waals surface area contributed by atoms with Gasteiger partial charge in [-0.15, -0.1) is 0 Å². The Kier molecular flexibility index (Phi) is 2.30. The molecular weight excluding hydrogens is 282 g/mol. The lowest BCUT2D eigenvalue weighted by molar-refractivity contribution is -0.0874. The molecule has 4 atom stereocenters. The number of nitrogens with one attached hydrogen (secondary N) is 1. The number of anilines is 1. The van der Waals surface area contributed by atoms with E-state index in [1.807, 2.05) is 0 Å². The van der Waals surface area contributed by atoms with Gasteiger partial charge in [-0.05, 0) is 0 Å². The molecular formula is C11H13N5O5. The molecule has 2 aromatic heterocycles. The highest BCUT2D eigenvalue weighted by Crippen LogP contribution is 2.46. The van der Waals surface area contributed by atoms with Crippen molar-refractivity contribution in [3.63, 3.8) is 0 Å². The number of imidazole rings is 1. The molecule has 4 heterocycles. The van der Waals surface area contributed by atoms with E-state index in [2.05, 4.69) is 15.0 Å². The zero-order valence-corrected chi connectivity index (χ0v) is 10.7. The van der Waals surface area contributed by atoms with Gasteiger partial charge in [0.25, 0.3) is 5.56 Å². The first-order valence-corrected chi connectivity index (χ1v) is 6.39. The minimum atomic E-state index is -1.61. The van der Waals surface area contributed by atoms with E-state index in [0.29, 0.717) is 5.82 Å². The fraction of sp³-hybridized carbons (Fsp3) is 0.545. The summed E-state index contributed by atoms with van der Waals surface area (Å²) in [4.78, 5) is 22.3. The maximum Gasteiger partial charge on any atom is 0.280 e. The van der Waals surface area contributed by atoms with Gasteiger partial charge in [-0.2, -0.15) is 4.98 Å². The maximum atomic E-state index is 11.8. The monoisotopic (exact) mass is 295 g/mol. The van der Waals surface area contributed by atoms with E-state index in [4.69, 9.17) is 10.5 Å². The molecule has 0 aromatic carbocycles. The summed E-state index contributed by atoms with van der Waals surface area (Å²) in [5, 5.41) is 29.9. The molecule has 4 rings (SSSR count). The fourth-order valence-corrected chi connectivity index (χ4v) is 3.12. The Labute approximate surface area is 116 Å². The second-order valence-electron chi connectivity index (χ2n) is 5.34. The van der Waals surface area contributed by atoms with Crippen LogP contribution in [-0.2, 0) is 11.2 Å². The van der Waals surface area contributed by atoms with Crippen molar-refractivity contribution in [3.05, 3.63) is 16.2 Å². The zero-order valence-electron chi connectivity index (χ0n) is 10.7. The second kappa shape index (κ2) is 3.80. The number of aliphatic hydroxyl groups excluding tert-OH is 2. The van der Waals surface area contributed by atoms with Crippen molar-refractivity contribution in [1.29, 1.82) is 0 Å². The van der Waals surface area contributed by atoms with Gasteiger partial charge in [-0.3, -0.25) is 14.3 Å². The van der Waals surface area contributed by atoms with E-state index >= 15 is 0 Å². The molecule has 10 nitrogen and oxygen atoms in total. The number of ether oxygens (including phenoxy) is 1. The summed E-state index contributed by atoms with van der Waals surface area (Å²) >= 11 is 0. The molecule has 2 aromatic rings. The third-order valence-corrected chi connectivity index (χ3v) is 4.09. The molecule has 0 saturated carbocycles. The standard InChI is InChI=1S/C11H13N5O5/c12-10-14-7-5(8(19)15-10)13-4-1-11(20)6(18)3(2-17)21-9(11)16(4)7/h3,6,9,17-18,20H,1-2H2,(H3,12,14,15,19)/t3-,6-,9+,11+/m1/s1.